The Morgan fingerprint density at radius 1 is 1.16 bits per heavy atom. The van der Waals surface area contributed by atoms with E-state index < -0.39 is 0 Å². The van der Waals surface area contributed by atoms with E-state index in [4.69, 9.17) is 0 Å². The first kappa shape index (κ1) is 14.5. The first-order valence-electron chi connectivity index (χ1n) is 6.96. The van der Waals surface area contributed by atoms with E-state index in [1.165, 1.54) is 22.3 Å². The van der Waals surface area contributed by atoms with Crippen molar-refractivity contribution in [2.24, 2.45) is 5.41 Å². The molecule has 1 aromatic carbocycles. The summed E-state index contributed by atoms with van der Waals surface area (Å²) in [5.74, 6) is 1.11. The lowest BCUT2D eigenvalue weighted by Gasteiger charge is -2.17. The van der Waals surface area contributed by atoms with E-state index in [-0.39, 0.29) is 0 Å². The van der Waals surface area contributed by atoms with Gasteiger partial charge >= 0.3 is 0 Å². The van der Waals surface area contributed by atoms with Crippen LogP contribution in [0.15, 0.2) is 35.4 Å². The van der Waals surface area contributed by atoms with E-state index in [1.54, 1.807) is 0 Å². The number of hydrogen-bond donors (Lipinski definition) is 2. The largest absolute Gasteiger partial charge is 0.350 e. The summed E-state index contributed by atoms with van der Waals surface area (Å²) >= 11 is 1.89. The van der Waals surface area contributed by atoms with Crippen LogP contribution in [0.1, 0.15) is 27.2 Å². The van der Waals surface area contributed by atoms with E-state index in [9.17, 15) is 0 Å². The van der Waals surface area contributed by atoms with Gasteiger partial charge in [0.05, 0.1) is 5.03 Å². The lowest BCUT2D eigenvalue weighted by atomic mass is 9.92. The van der Waals surface area contributed by atoms with Gasteiger partial charge in [0.1, 0.15) is 0 Å². The third-order valence-corrected chi connectivity index (χ3v) is 4.03. The molecule has 0 radical (unpaired) electrons. The van der Waals surface area contributed by atoms with Gasteiger partial charge in [-0.3, -0.25) is 0 Å². The Kier molecular flexibility index (Phi) is 4.94. The predicted octanol–water partition coefficient (Wildman–Crippen LogP) is 4.29. The molecule has 0 unspecified atom stereocenters. The van der Waals surface area contributed by atoms with Crippen LogP contribution in [0.25, 0.3) is 10.9 Å². The van der Waals surface area contributed by atoms with Crippen LogP contribution < -0.4 is 5.32 Å². The zero-order valence-corrected chi connectivity index (χ0v) is 12.9. The molecule has 0 fully saturated rings. The van der Waals surface area contributed by atoms with Crippen LogP contribution in [0.2, 0.25) is 0 Å². The summed E-state index contributed by atoms with van der Waals surface area (Å²) in [4.78, 5) is 3.45. The molecule has 0 spiro atoms. The minimum atomic E-state index is 0.428. The smallest absolute Gasteiger partial charge is 0.0732 e. The van der Waals surface area contributed by atoms with Crippen molar-refractivity contribution in [3.05, 3.63) is 30.3 Å². The third-order valence-electron chi connectivity index (χ3n) is 3.09. The number of rotatable bonds is 6. The Morgan fingerprint density at radius 2 is 1.95 bits per heavy atom. The van der Waals surface area contributed by atoms with E-state index in [0.717, 1.165) is 18.8 Å². The topological polar surface area (TPSA) is 27.8 Å². The van der Waals surface area contributed by atoms with Gasteiger partial charge in [-0.05, 0) is 30.5 Å². The van der Waals surface area contributed by atoms with Gasteiger partial charge in [-0.25, -0.2) is 0 Å². The molecule has 3 heteroatoms. The number of hydrogen-bond acceptors (Lipinski definition) is 2. The van der Waals surface area contributed by atoms with Crippen LogP contribution in [-0.2, 0) is 0 Å². The number of benzene rings is 1. The van der Waals surface area contributed by atoms with Gasteiger partial charge in [-0.2, -0.15) is 0 Å². The maximum absolute atomic E-state index is 3.51. The molecule has 0 saturated heterocycles. The number of para-hydroxylation sites is 1. The summed E-state index contributed by atoms with van der Waals surface area (Å²) < 4.78 is 0. The predicted molar refractivity (Wildman–Crippen MR) is 86.0 cm³/mol. The molecule has 1 heterocycles. The van der Waals surface area contributed by atoms with Crippen molar-refractivity contribution in [2.75, 3.05) is 18.8 Å². The molecule has 0 aliphatic rings. The zero-order chi connectivity index (χ0) is 13.7. The molecule has 0 atom stereocenters. The van der Waals surface area contributed by atoms with E-state index in [0.29, 0.717) is 5.41 Å². The standard InChI is InChI=1S/C16H24N2S/c1-16(2,3)8-9-17-10-11-19-15-12-13-6-4-5-7-14(13)18-15/h4-7,12,17-18H,8-11H2,1-3H3. The second-order valence-electron chi connectivity index (χ2n) is 6.13. The van der Waals surface area contributed by atoms with Crippen molar-refractivity contribution in [1.29, 1.82) is 0 Å². The molecule has 2 rings (SSSR count). The fraction of sp³-hybridized carbons (Fsp3) is 0.500. The van der Waals surface area contributed by atoms with Crippen LogP contribution in [-0.4, -0.2) is 23.8 Å². The molecule has 0 aliphatic heterocycles. The highest BCUT2D eigenvalue weighted by atomic mass is 32.2. The van der Waals surface area contributed by atoms with Crippen LogP contribution in [0.4, 0.5) is 0 Å². The molecule has 104 valence electrons. The maximum Gasteiger partial charge on any atom is 0.0732 e. The van der Waals surface area contributed by atoms with Gasteiger partial charge in [0.25, 0.3) is 0 Å². The maximum atomic E-state index is 3.51. The quantitative estimate of drug-likeness (QED) is 0.608. The normalized spacial score (nSPS) is 12.2. The highest BCUT2D eigenvalue weighted by Gasteiger charge is 2.08. The average molecular weight is 276 g/mol. The zero-order valence-electron chi connectivity index (χ0n) is 12.1. The minimum Gasteiger partial charge on any atom is -0.350 e. The van der Waals surface area contributed by atoms with Crippen molar-refractivity contribution >= 4 is 22.7 Å². The van der Waals surface area contributed by atoms with Gasteiger partial charge in [-0.1, -0.05) is 39.0 Å². The van der Waals surface area contributed by atoms with E-state index in [2.05, 4.69) is 61.4 Å². The number of nitrogens with one attached hydrogen (secondary N) is 2. The molecule has 2 nitrogen and oxygen atoms in total. The molecule has 0 amide bonds. The number of thioether (sulfide) groups is 1. The summed E-state index contributed by atoms with van der Waals surface area (Å²) in [7, 11) is 0. The van der Waals surface area contributed by atoms with E-state index >= 15 is 0 Å². The Bertz CT molecular complexity index is 478. The fourth-order valence-corrected chi connectivity index (χ4v) is 2.80. The third kappa shape index (κ3) is 4.92. The molecular formula is C16H24N2S. The molecular weight excluding hydrogens is 252 g/mol. The second kappa shape index (κ2) is 6.49. The van der Waals surface area contributed by atoms with Crippen LogP contribution >= 0.6 is 11.8 Å². The summed E-state index contributed by atoms with van der Waals surface area (Å²) in [6.45, 7) is 9.03. The first-order chi connectivity index (χ1) is 9.04. The van der Waals surface area contributed by atoms with Gasteiger partial charge in [0.2, 0.25) is 0 Å². The van der Waals surface area contributed by atoms with Gasteiger partial charge in [-0.15, -0.1) is 11.8 Å². The number of H-pyrrole nitrogens is 1. The van der Waals surface area contributed by atoms with Crippen molar-refractivity contribution in [2.45, 2.75) is 32.2 Å². The molecule has 1 aromatic heterocycles. The monoisotopic (exact) mass is 276 g/mol. The SMILES string of the molecule is CC(C)(C)CCNCCSc1cc2ccccc2[nH]1. The molecule has 0 saturated carbocycles. The summed E-state index contributed by atoms with van der Waals surface area (Å²) in [6.07, 6.45) is 1.23. The first-order valence-corrected chi connectivity index (χ1v) is 7.94. The van der Waals surface area contributed by atoms with Crippen molar-refractivity contribution in [3.63, 3.8) is 0 Å². The summed E-state index contributed by atoms with van der Waals surface area (Å²) in [6, 6.07) is 10.7. The fourth-order valence-electron chi connectivity index (χ4n) is 1.95. The lowest BCUT2D eigenvalue weighted by molar-refractivity contribution is 0.369. The Hall–Kier alpha value is -0.930. The molecule has 2 N–H and O–H groups in total. The van der Waals surface area contributed by atoms with Crippen LogP contribution in [0, 0.1) is 5.41 Å². The minimum absolute atomic E-state index is 0.428. The Labute approximate surface area is 120 Å². The van der Waals surface area contributed by atoms with Gasteiger partial charge < -0.3 is 10.3 Å². The Morgan fingerprint density at radius 3 is 2.68 bits per heavy atom. The molecule has 2 aromatic rings. The second-order valence-corrected chi connectivity index (χ2v) is 7.27. The lowest BCUT2D eigenvalue weighted by Crippen LogP contribution is -2.22. The average Bonchev–Trinajstić information content (AvgIpc) is 2.74. The van der Waals surface area contributed by atoms with E-state index in [1.807, 2.05) is 11.8 Å². The molecule has 0 aliphatic carbocycles. The number of aromatic nitrogens is 1. The van der Waals surface area contributed by atoms with Crippen molar-refractivity contribution in [1.82, 2.24) is 10.3 Å². The van der Waals surface area contributed by atoms with Crippen LogP contribution in [0.5, 0.6) is 0 Å². The van der Waals surface area contributed by atoms with Crippen molar-refractivity contribution in [3.8, 4) is 0 Å². The summed E-state index contributed by atoms with van der Waals surface area (Å²) in [5.41, 5.74) is 1.66. The van der Waals surface area contributed by atoms with Crippen molar-refractivity contribution < 1.29 is 0 Å². The molecule has 19 heavy (non-hydrogen) atoms. The highest BCUT2D eigenvalue weighted by molar-refractivity contribution is 7.99. The van der Waals surface area contributed by atoms with Gasteiger partial charge in [0, 0.05) is 23.2 Å². The molecule has 0 bridgehead atoms. The van der Waals surface area contributed by atoms with Crippen LogP contribution in [0.3, 0.4) is 0 Å². The number of fused-ring (bicyclic) bond motifs is 1. The Balaban J connectivity index is 1.68. The summed E-state index contributed by atoms with van der Waals surface area (Å²) in [5, 5.41) is 6.07. The number of aromatic amines is 1. The highest BCUT2D eigenvalue weighted by Crippen LogP contribution is 2.22. The van der Waals surface area contributed by atoms with Gasteiger partial charge in [0.15, 0.2) is 0 Å².